The first kappa shape index (κ1) is 25.5. The molecule has 0 radical (unpaired) electrons. The van der Waals surface area contributed by atoms with Crippen molar-refractivity contribution in [2.75, 3.05) is 0 Å². The van der Waals surface area contributed by atoms with Crippen molar-refractivity contribution in [3.8, 4) is 0 Å². The Morgan fingerprint density at radius 2 is 0.750 bits per heavy atom. The molecule has 0 amide bonds. The third-order valence-corrected chi connectivity index (χ3v) is 0. The van der Waals surface area contributed by atoms with E-state index in [-0.39, 0.29) is 107 Å². The van der Waals surface area contributed by atoms with Gasteiger partial charge in [0.2, 0.25) is 0 Å². The van der Waals surface area contributed by atoms with Crippen molar-refractivity contribution in [1.29, 1.82) is 0 Å². The Labute approximate surface area is 105 Å². The van der Waals surface area contributed by atoms with E-state index in [0.29, 0.717) is 0 Å². The summed E-state index contributed by atoms with van der Waals surface area (Å²) in [6.07, 6.45) is 0. The molecule has 0 aromatic heterocycles. The standard InChI is InChI=1S/Bi.2Hg.In.6H. The Balaban J connectivity index is 0. The maximum atomic E-state index is 0. The molecule has 0 nitrogen and oxygen atoms in total. The van der Waals surface area contributed by atoms with Crippen LogP contribution in [0.25, 0.3) is 0 Å². The molecule has 0 N–H and O–H groups in total. The van der Waals surface area contributed by atoms with Gasteiger partial charge in [-0.15, -0.1) is 0 Å². The van der Waals surface area contributed by atoms with E-state index in [4.69, 9.17) is 0 Å². The van der Waals surface area contributed by atoms with E-state index >= 15 is 0 Å². The van der Waals surface area contributed by atoms with Crippen molar-refractivity contribution >= 4 is 52.0 Å². The summed E-state index contributed by atoms with van der Waals surface area (Å²) < 4.78 is 0. The Bertz CT molecular complexity index is 6.00. The van der Waals surface area contributed by atoms with Gasteiger partial charge in [-0.1, -0.05) is 0 Å². The Hall–Kier alpha value is 3.62. The van der Waals surface area contributed by atoms with Crippen LogP contribution in [0.5, 0.6) is 0 Å². The van der Waals surface area contributed by atoms with Crippen LogP contribution in [0, 0.1) is 0 Å². The molecule has 0 fully saturated rings. The van der Waals surface area contributed by atoms with Gasteiger partial charge in [-0.3, -0.25) is 0 Å². The minimum absolute atomic E-state index is 0. The van der Waals surface area contributed by atoms with Crippen molar-refractivity contribution in [3.05, 3.63) is 0 Å². The van der Waals surface area contributed by atoms with Crippen LogP contribution in [0.3, 0.4) is 0 Å². The molecule has 4 heavy (non-hydrogen) atoms. The zero-order chi connectivity index (χ0) is 0. The van der Waals surface area contributed by atoms with Crippen LogP contribution < -0.4 is 0 Å². The summed E-state index contributed by atoms with van der Waals surface area (Å²) in [6.45, 7) is 0. The number of rotatable bonds is 0. The Kier molecular flexibility index (Phi) is 102. The van der Waals surface area contributed by atoms with Crippen LogP contribution in [0.15, 0.2) is 0 Å². The molecule has 0 unspecified atom stereocenters. The van der Waals surface area contributed by atoms with E-state index in [1.54, 1.807) is 0 Å². The molecule has 0 aliphatic carbocycles. The van der Waals surface area contributed by atoms with E-state index in [1.807, 2.05) is 0 Å². The van der Waals surface area contributed by atoms with E-state index in [1.165, 1.54) is 0 Å². The van der Waals surface area contributed by atoms with Gasteiger partial charge in [-0.25, -0.2) is 0 Å². The van der Waals surface area contributed by atoms with Crippen LogP contribution in [-0.4, -0.2) is 52.0 Å². The van der Waals surface area contributed by atoms with Gasteiger partial charge in [0, 0.05) is 55.3 Å². The first-order valence-corrected chi connectivity index (χ1v) is 0. The van der Waals surface area contributed by atoms with Crippen LogP contribution in [0.2, 0.25) is 0 Å². The van der Waals surface area contributed by atoms with Crippen molar-refractivity contribution in [2.45, 2.75) is 0 Å². The molecule has 0 atom stereocenters. The summed E-state index contributed by atoms with van der Waals surface area (Å²) in [5, 5.41) is 0. The quantitative estimate of drug-likeness (QED) is 0.245. The van der Waals surface area contributed by atoms with Crippen molar-refractivity contribution in [3.63, 3.8) is 0 Å². The molecule has 0 aliphatic rings. The van der Waals surface area contributed by atoms with E-state index in [9.17, 15) is 0 Å². The van der Waals surface area contributed by atoms with Gasteiger partial charge in [-0.05, 0) is 0 Å². The Morgan fingerprint density at radius 1 is 0.750 bits per heavy atom. The van der Waals surface area contributed by atoms with Gasteiger partial charge in [0.1, 0.15) is 0 Å². The second-order valence-corrected chi connectivity index (χ2v) is 0. The fraction of sp³-hybridized carbons (Fsp3) is 0. The maximum absolute atomic E-state index is 0. The summed E-state index contributed by atoms with van der Waals surface area (Å²) in [7, 11) is 0. The molecule has 0 aromatic rings. The molecule has 0 spiro atoms. The fourth-order valence-corrected chi connectivity index (χ4v) is 0. The van der Waals surface area contributed by atoms with Crippen molar-refractivity contribution in [2.24, 2.45) is 0 Å². The molecule has 0 saturated carbocycles. The molecule has 0 heterocycles. The first-order chi connectivity index (χ1) is 0. The van der Waals surface area contributed by atoms with E-state index in [2.05, 4.69) is 0 Å². The van der Waals surface area contributed by atoms with Crippen LogP contribution >= 0.6 is 0 Å². The summed E-state index contributed by atoms with van der Waals surface area (Å²) in [5.41, 5.74) is 0. The molecule has 0 bridgehead atoms. The minimum atomic E-state index is 0. The van der Waals surface area contributed by atoms with Crippen LogP contribution in [0.1, 0.15) is 0 Å². The molecule has 4 heteroatoms. The normalized spacial score (nSPS) is 0. The summed E-state index contributed by atoms with van der Waals surface area (Å²) >= 11 is 0. The molecular formula is H6BiHg2In. The van der Waals surface area contributed by atoms with Crippen LogP contribution in [-0.2, 0) is 55.3 Å². The average Bonchev–Trinajstić information content (AvgIpc) is 0. The van der Waals surface area contributed by atoms with Gasteiger partial charge in [0.05, 0.1) is 0 Å². The first-order valence-electron chi connectivity index (χ1n) is 0. The van der Waals surface area contributed by atoms with E-state index in [0.717, 1.165) is 0 Å². The second-order valence-electron chi connectivity index (χ2n) is 0. The molecule has 0 aromatic carbocycles. The summed E-state index contributed by atoms with van der Waals surface area (Å²) in [5.74, 6) is 0. The van der Waals surface area contributed by atoms with Crippen molar-refractivity contribution < 1.29 is 55.3 Å². The second kappa shape index (κ2) is 16.0. The molecule has 0 rings (SSSR count). The van der Waals surface area contributed by atoms with Gasteiger partial charge in [-0.2, -0.15) is 0 Å². The average molecular weight is 731 g/mol. The summed E-state index contributed by atoms with van der Waals surface area (Å²) in [4.78, 5) is 0. The molecule has 0 aliphatic heterocycles. The molecule has 18 valence electrons. The van der Waals surface area contributed by atoms with Gasteiger partial charge < -0.3 is 0 Å². The van der Waals surface area contributed by atoms with Crippen LogP contribution in [0.4, 0.5) is 0 Å². The zero-order valence-corrected chi connectivity index (χ0v) is 18.6. The third-order valence-electron chi connectivity index (χ3n) is 0. The predicted molar refractivity (Wildman–Crippen MR) is 19.9 cm³/mol. The number of hydrogen-bond acceptors (Lipinski definition) is 0. The predicted octanol–water partition coefficient (Wildman–Crippen LogP) is -2.37. The van der Waals surface area contributed by atoms with Gasteiger partial charge in [0.15, 0.2) is 0 Å². The monoisotopic (exact) mass is 734 g/mol. The number of hydrogen-bond donors (Lipinski definition) is 0. The third kappa shape index (κ3) is 9.16. The molecule has 0 saturated heterocycles. The topological polar surface area (TPSA) is 0 Å². The van der Waals surface area contributed by atoms with E-state index < -0.39 is 0 Å². The van der Waals surface area contributed by atoms with Gasteiger partial charge >= 0.3 is 52.0 Å². The summed E-state index contributed by atoms with van der Waals surface area (Å²) in [6, 6.07) is 0. The van der Waals surface area contributed by atoms with Crippen molar-refractivity contribution in [1.82, 2.24) is 0 Å². The Morgan fingerprint density at radius 3 is 0.750 bits per heavy atom. The van der Waals surface area contributed by atoms with Gasteiger partial charge in [0.25, 0.3) is 0 Å². The fourth-order valence-electron chi connectivity index (χ4n) is 0. The SMILES string of the molecule is [BiH3].[Hg].[Hg].[InH3]. The zero-order valence-electron chi connectivity index (χ0n) is 2.12. The molecular weight excluding hydrogens is 725 g/mol.